The van der Waals surface area contributed by atoms with Gasteiger partial charge in [0.05, 0.1) is 36.9 Å². The predicted molar refractivity (Wildman–Crippen MR) is 143 cm³/mol. The van der Waals surface area contributed by atoms with E-state index in [2.05, 4.69) is 45.8 Å². The number of ether oxygens (including phenoxy) is 1. The van der Waals surface area contributed by atoms with Crippen LogP contribution in [0.5, 0.6) is 0 Å². The Bertz CT molecular complexity index is 1420. The van der Waals surface area contributed by atoms with Crippen molar-refractivity contribution in [2.75, 3.05) is 44.3 Å². The molecule has 2 saturated heterocycles. The second-order valence-corrected chi connectivity index (χ2v) is 10.6. The first-order valence-electron chi connectivity index (χ1n) is 13.4. The number of aromatic nitrogens is 6. The second kappa shape index (κ2) is 9.66. The van der Waals surface area contributed by atoms with Gasteiger partial charge in [-0.15, -0.1) is 0 Å². The van der Waals surface area contributed by atoms with Crippen LogP contribution in [0.3, 0.4) is 0 Å². The maximum absolute atomic E-state index is 10.4. The fourth-order valence-corrected chi connectivity index (χ4v) is 5.55. The molecule has 2 fully saturated rings. The van der Waals surface area contributed by atoms with Gasteiger partial charge in [-0.1, -0.05) is 32.9 Å². The first-order chi connectivity index (χ1) is 17.9. The summed E-state index contributed by atoms with van der Waals surface area (Å²) < 4.78 is 9.81. The maximum atomic E-state index is 10.4. The number of aliphatic hydroxyl groups is 1. The number of nitrogens with zero attached hydrogens (tertiary/aromatic N) is 8. The molecule has 1 aromatic carbocycles. The van der Waals surface area contributed by atoms with E-state index in [0.29, 0.717) is 25.1 Å². The highest BCUT2D eigenvalue weighted by molar-refractivity contribution is 5.86. The Morgan fingerprint density at radius 1 is 1.03 bits per heavy atom. The van der Waals surface area contributed by atoms with Crippen LogP contribution in [-0.2, 0) is 24.8 Å². The van der Waals surface area contributed by atoms with Crippen molar-refractivity contribution in [1.82, 2.24) is 34.0 Å². The standard InChI is InChI=1S/C27H36N8O2/c1-5-21-28-19-8-6-7-9-20(19)35(21)27-30-25-23(26(31-27)34-10-12-37-13-11-34)29-22(32(25)4)16-33-14-18(15-33)24(36)17(2)3/h6-9,17-18,24,36H,5,10-16H2,1-4H3/t24-/m0/s1. The summed E-state index contributed by atoms with van der Waals surface area (Å²) in [5, 5.41) is 10.4. The average Bonchev–Trinajstić information content (AvgIpc) is 3.42. The summed E-state index contributed by atoms with van der Waals surface area (Å²) in [6, 6.07) is 8.14. The number of benzene rings is 1. The Labute approximate surface area is 216 Å². The Morgan fingerprint density at radius 3 is 2.51 bits per heavy atom. The van der Waals surface area contributed by atoms with E-state index in [-0.39, 0.29) is 12.0 Å². The highest BCUT2D eigenvalue weighted by atomic mass is 16.5. The Morgan fingerprint density at radius 2 is 1.78 bits per heavy atom. The molecular formula is C27H36N8O2. The zero-order chi connectivity index (χ0) is 25.7. The minimum atomic E-state index is -0.254. The SMILES string of the molecule is CCc1nc2ccccc2n1-c1nc(N2CCOCC2)c2nc(CN3CC([C@@H](O)C(C)C)C3)n(C)c2n1. The van der Waals surface area contributed by atoms with E-state index in [1.165, 1.54) is 0 Å². The van der Waals surface area contributed by atoms with Crippen molar-refractivity contribution in [2.45, 2.75) is 39.8 Å². The molecule has 0 amide bonds. The zero-order valence-corrected chi connectivity index (χ0v) is 22.1. The first-order valence-corrected chi connectivity index (χ1v) is 13.4. The quantitative estimate of drug-likeness (QED) is 0.410. The van der Waals surface area contributed by atoms with Crippen molar-refractivity contribution in [2.24, 2.45) is 18.9 Å². The number of rotatable bonds is 7. The lowest BCUT2D eigenvalue weighted by Crippen LogP contribution is -2.52. The number of aryl methyl sites for hydroxylation is 2. The molecule has 10 heteroatoms. The van der Waals surface area contributed by atoms with Crippen molar-refractivity contribution in [1.29, 1.82) is 0 Å². The molecule has 2 aliphatic heterocycles. The van der Waals surface area contributed by atoms with Gasteiger partial charge in [-0.05, 0) is 18.1 Å². The molecule has 0 radical (unpaired) electrons. The molecule has 0 aliphatic carbocycles. The Balaban J connectivity index is 1.42. The number of imidazole rings is 2. The molecule has 5 heterocycles. The van der Waals surface area contributed by atoms with E-state index in [0.717, 1.165) is 78.8 Å². The van der Waals surface area contributed by atoms with Crippen LogP contribution in [0.2, 0.25) is 0 Å². The van der Waals surface area contributed by atoms with Crippen LogP contribution in [0.4, 0.5) is 5.82 Å². The van der Waals surface area contributed by atoms with Crippen molar-refractivity contribution in [3.63, 3.8) is 0 Å². The van der Waals surface area contributed by atoms with Gasteiger partial charge in [0.15, 0.2) is 17.0 Å². The minimum Gasteiger partial charge on any atom is -0.392 e. The molecule has 10 nitrogen and oxygen atoms in total. The van der Waals surface area contributed by atoms with Crippen LogP contribution in [-0.4, -0.2) is 84.6 Å². The van der Waals surface area contributed by atoms with E-state index < -0.39 is 0 Å². The van der Waals surface area contributed by atoms with Crippen LogP contribution in [0.15, 0.2) is 24.3 Å². The number of hydrogen-bond acceptors (Lipinski definition) is 8. The summed E-state index contributed by atoms with van der Waals surface area (Å²) in [7, 11) is 2.04. The van der Waals surface area contributed by atoms with Crippen molar-refractivity contribution >= 4 is 28.0 Å². The van der Waals surface area contributed by atoms with Gasteiger partial charge in [0.2, 0.25) is 5.95 Å². The van der Waals surface area contributed by atoms with E-state index >= 15 is 0 Å². The normalized spacial score (nSPS) is 18.3. The number of anilines is 1. The number of morpholine rings is 1. The molecule has 0 bridgehead atoms. The third-order valence-electron chi connectivity index (χ3n) is 7.75. The molecule has 4 aromatic rings. The van der Waals surface area contributed by atoms with Gasteiger partial charge in [0.1, 0.15) is 11.6 Å². The molecule has 1 atom stereocenters. The van der Waals surface area contributed by atoms with Crippen molar-refractivity contribution in [3.05, 3.63) is 35.9 Å². The summed E-state index contributed by atoms with van der Waals surface area (Å²) in [5.74, 6) is 3.97. The molecule has 0 unspecified atom stereocenters. The Kier molecular flexibility index (Phi) is 6.34. The van der Waals surface area contributed by atoms with Crippen LogP contribution in [0.25, 0.3) is 28.1 Å². The fourth-order valence-electron chi connectivity index (χ4n) is 5.55. The molecular weight excluding hydrogens is 468 g/mol. The van der Waals surface area contributed by atoms with Crippen LogP contribution < -0.4 is 4.90 Å². The van der Waals surface area contributed by atoms with Gasteiger partial charge < -0.3 is 19.3 Å². The smallest absolute Gasteiger partial charge is 0.239 e. The predicted octanol–water partition coefficient (Wildman–Crippen LogP) is 2.55. The summed E-state index contributed by atoms with van der Waals surface area (Å²) in [5.41, 5.74) is 3.59. The third-order valence-corrected chi connectivity index (χ3v) is 7.75. The second-order valence-electron chi connectivity index (χ2n) is 10.6. The van der Waals surface area contributed by atoms with Crippen LogP contribution in [0, 0.1) is 11.8 Å². The highest BCUT2D eigenvalue weighted by Crippen LogP contribution is 2.30. The lowest BCUT2D eigenvalue weighted by atomic mass is 9.87. The van der Waals surface area contributed by atoms with Gasteiger partial charge in [0.25, 0.3) is 0 Å². The lowest BCUT2D eigenvalue weighted by molar-refractivity contribution is -0.0311. The molecule has 2 aliphatic rings. The molecule has 0 saturated carbocycles. The molecule has 196 valence electrons. The van der Waals surface area contributed by atoms with Gasteiger partial charge >= 0.3 is 0 Å². The van der Waals surface area contributed by atoms with E-state index in [1.54, 1.807) is 0 Å². The maximum Gasteiger partial charge on any atom is 0.239 e. The van der Waals surface area contributed by atoms with Crippen molar-refractivity contribution in [3.8, 4) is 5.95 Å². The Hall–Kier alpha value is -3.08. The molecule has 3 aromatic heterocycles. The third kappa shape index (κ3) is 4.26. The highest BCUT2D eigenvalue weighted by Gasteiger charge is 2.35. The van der Waals surface area contributed by atoms with Gasteiger partial charge in [0, 0.05) is 45.6 Å². The van der Waals surface area contributed by atoms with E-state index in [9.17, 15) is 5.11 Å². The van der Waals surface area contributed by atoms with Crippen LogP contribution in [0.1, 0.15) is 32.4 Å². The van der Waals surface area contributed by atoms with E-state index in [4.69, 9.17) is 24.7 Å². The lowest BCUT2D eigenvalue weighted by Gasteiger charge is -2.42. The number of likely N-dealkylation sites (tertiary alicyclic amines) is 1. The monoisotopic (exact) mass is 504 g/mol. The van der Waals surface area contributed by atoms with E-state index in [1.807, 2.05) is 25.2 Å². The van der Waals surface area contributed by atoms with Crippen molar-refractivity contribution < 1.29 is 9.84 Å². The topological polar surface area (TPSA) is 97.4 Å². The molecule has 6 rings (SSSR count). The van der Waals surface area contributed by atoms with Crippen LogP contribution >= 0.6 is 0 Å². The summed E-state index contributed by atoms with van der Waals surface area (Å²) >= 11 is 0. The molecule has 0 spiro atoms. The summed E-state index contributed by atoms with van der Waals surface area (Å²) in [6.45, 7) is 11.6. The fraction of sp³-hybridized carbons (Fsp3) is 0.556. The average molecular weight is 505 g/mol. The first kappa shape index (κ1) is 24.3. The number of aliphatic hydroxyl groups excluding tert-OH is 1. The van der Waals surface area contributed by atoms with Gasteiger partial charge in [-0.2, -0.15) is 9.97 Å². The molecule has 37 heavy (non-hydrogen) atoms. The minimum absolute atomic E-state index is 0.254. The molecule has 1 N–H and O–H groups in total. The summed E-state index contributed by atoms with van der Waals surface area (Å²) in [4.78, 5) is 24.7. The summed E-state index contributed by atoms with van der Waals surface area (Å²) in [6.07, 6.45) is 0.522. The zero-order valence-electron chi connectivity index (χ0n) is 22.1. The number of para-hydroxylation sites is 2. The van der Waals surface area contributed by atoms with Gasteiger partial charge in [-0.25, -0.2) is 9.97 Å². The van der Waals surface area contributed by atoms with Gasteiger partial charge in [-0.3, -0.25) is 9.47 Å². The number of hydrogen-bond donors (Lipinski definition) is 1. The number of fused-ring (bicyclic) bond motifs is 2. The largest absolute Gasteiger partial charge is 0.392 e.